The first-order valence-electron chi connectivity index (χ1n) is 5.34. The molecule has 5 heteroatoms. The van der Waals surface area contributed by atoms with Gasteiger partial charge in [-0.15, -0.1) is 0 Å². The van der Waals surface area contributed by atoms with Crippen LogP contribution >= 0.6 is 15.9 Å². The van der Waals surface area contributed by atoms with Crippen molar-refractivity contribution in [2.45, 2.75) is 19.4 Å². The molecule has 2 N–H and O–H groups in total. The first-order chi connectivity index (χ1) is 7.91. The fourth-order valence-electron chi connectivity index (χ4n) is 1.37. The number of phenols is 1. The largest absolute Gasteiger partial charge is 0.507 e. The minimum atomic E-state index is -0.443. The molecule has 0 bridgehead atoms. The molecular formula is C12H16BrNO3. The van der Waals surface area contributed by atoms with E-state index in [2.05, 4.69) is 15.9 Å². The Morgan fingerprint density at radius 3 is 2.76 bits per heavy atom. The average Bonchev–Trinajstić information content (AvgIpc) is 2.28. The van der Waals surface area contributed by atoms with Gasteiger partial charge in [-0.05, 0) is 31.5 Å². The number of benzene rings is 1. The lowest BCUT2D eigenvalue weighted by Crippen LogP contribution is -2.29. The van der Waals surface area contributed by atoms with Crippen LogP contribution in [0.2, 0.25) is 0 Å². The third kappa shape index (κ3) is 4.02. The molecule has 1 aromatic carbocycles. The van der Waals surface area contributed by atoms with Crippen molar-refractivity contribution in [2.24, 2.45) is 0 Å². The Labute approximate surface area is 109 Å². The van der Waals surface area contributed by atoms with E-state index in [1.54, 1.807) is 26.1 Å². The first-order valence-corrected chi connectivity index (χ1v) is 6.13. The number of aromatic hydroxyl groups is 1. The number of amides is 1. The number of aliphatic hydroxyl groups excluding tert-OH is 1. The van der Waals surface area contributed by atoms with Crippen LogP contribution in [0.3, 0.4) is 0 Å². The van der Waals surface area contributed by atoms with Gasteiger partial charge in [0.1, 0.15) is 5.75 Å². The fourth-order valence-corrected chi connectivity index (χ4v) is 1.73. The maximum Gasteiger partial charge on any atom is 0.257 e. The van der Waals surface area contributed by atoms with E-state index in [0.717, 1.165) is 4.47 Å². The number of nitrogens with zero attached hydrogens (tertiary/aromatic N) is 1. The van der Waals surface area contributed by atoms with E-state index in [-0.39, 0.29) is 17.2 Å². The molecule has 0 radical (unpaired) electrons. The Morgan fingerprint density at radius 2 is 2.18 bits per heavy atom. The summed E-state index contributed by atoms with van der Waals surface area (Å²) in [5, 5.41) is 18.8. The summed E-state index contributed by atoms with van der Waals surface area (Å²) in [5.41, 5.74) is 0.257. The number of carbonyl (C=O) groups is 1. The van der Waals surface area contributed by atoms with Crippen LogP contribution in [0.5, 0.6) is 5.75 Å². The molecule has 1 atom stereocenters. The number of carbonyl (C=O) groups excluding carboxylic acids is 1. The molecule has 0 heterocycles. The van der Waals surface area contributed by atoms with Crippen molar-refractivity contribution < 1.29 is 15.0 Å². The molecule has 0 aliphatic carbocycles. The Balaban J connectivity index is 2.78. The van der Waals surface area contributed by atoms with Crippen LogP contribution in [0, 0.1) is 0 Å². The second-order valence-electron chi connectivity index (χ2n) is 4.03. The normalized spacial score (nSPS) is 12.2. The first kappa shape index (κ1) is 14.0. The fraction of sp³-hybridized carbons (Fsp3) is 0.417. The Hall–Kier alpha value is -1.07. The van der Waals surface area contributed by atoms with Gasteiger partial charge < -0.3 is 15.1 Å². The van der Waals surface area contributed by atoms with E-state index in [1.807, 2.05) is 0 Å². The summed E-state index contributed by atoms with van der Waals surface area (Å²) in [5.74, 6) is -0.299. The Morgan fingerprint density at radius 1 is 1.53 bits per heavy atom. The summed E-state index contributed by atoms with van der Waals surface area (Å²) in [4.78, 5) is 13.5. The number of hydrogen-bond donors (Lipinski definition) is 2. The van der Waals surface area contributed by atoms with Gasteiger partial charge in [0.25, 0.3) is 5.91 Å². The van der Waals surface area contributed by atoms with Crippen molar-refractivity contribution >= 4 is 21.8 Å². The lowest BCUT2D eigenvalue weighted by Gasteiger charge is -2.18. The van der Waals surface area contributed by atoms with E-state index in [0.29, 0.717) is 13.0 Å². The molecule has 0 saturated heterocycles. The summed E-state index contributed by atoms with van der Waals surface area (Å²) in [7, 11) is 1.64. The van der Waals surface area contributed by atoms with Crippen molar-refractivity contribution in [1.29, 1.82) is 0 Å². The number of rotatable bonds is 4. The minimum absolute atomic E-state index is 0.0397. The zero-order valence-corrected chi connectivity index (χ0v) is 11.4. The van der Waals surface area contributed by atoms with Crippen molar-refractivity contribution in [2.75, 3.05) is 13.6 Å². The smallest absolute Gasteiger partial charge is 0.257 e. The quantitative estimate of drug-likeness (QED) is 0.894. The van der Waals surface area contributed by atoms with Crippen LogP contribution in [-0.4, -0.2) is 40.7 Å². The summed E-state index contributed by atoms with van der Waals surface area (Å²) in [6, 6.07) is 4.72. The highest BCUT2D eigenvalue weighted by Gasteiger charge is 2.16. The van der Waals surface area contributed by atoms with Gasteiger partial charge in [0.15, 0.2) is 0 Å². The molecule has 17 heavy (non-hydrogen) atoms. The Bertz CT molecular complexity index is 407. The number of halogens is 1. The van der Waals surface area contributed by atoms with Crippen molar-refractivity contribution in [3.63, 3.8) is 0 Å². The molecule has 94 valence electrons. The van der Waals surface area contributed by atoms with Gasteiger partial charge in [-0.3, -0.25) is 4.79 Å². The summed E-state index contributed by atoms with van der Waals surface area (Å²) in [6.45, 7) is 2.12. The molecule has 0 aliphatic heterocycles. The van der Waals surface area contributed by atoms with Crippen molar-refractivity contribution in [1.82, 2.24) is 4.90 Å². The monoisotopic (exact) mass is 301 g/mol. The van der Waals surface area contributed by atoms with Crippen LogP contribution in [0.1, 0.15) is 23.7 Å². The van der Waals surface area contributed by atoms with E-state index < -0.39 is 6.10 Å². The SMILES string of the molecule is CC(O)CCN(C)C(=O)c1cc(Br)ccc1O. The topological polar surface area (TPSA) is 60.8 Å². The van der Waals surface area contributed by atoms with Crippen LogP contribution in [0.25, 0.3) is 0 Å². The molecule has 0 spiro atoms. The Kier molecular flexibility index (Phi) is 4.96. The van der Waals surface area contributed by atoms with Gasteiger partial charge in [-0.1, -0.05) is 15.9 Å². The average molecular weight is 302 g/mol. The molecule has 0 saturated carbocycles. The molecule has 0 aliphatic rings. The lowest BCUT2D eigenvalue weighted by molar-refractivity contribution is 0.0766. The van der Waals surface area contributed by atoms with Crippen LogP contribution in [-0.2, 0) is 0 Å². The van der Waals surface area contributed by atoms with Crippen LogP contribution in [0.15, 0.2) is 22.7 Å². The standard InChI is InChI=1S/C12H16BrNO3/c1-8(15)5-6-14(2)12(17)10-7-9(13)3-4-11(10)16/h3-4,7-8,15-16H,5-6H2,1-2H3. The molecule has 1 rings (SSSR count). The predicted octanol–water partition coefficient (Wildman–Crippen LogP) is 2.00. The van der Waals surface area contributed by atoms with Gasteiger partial charge in [0, 0.05) is 18.1 Å². The molecule has 1 aromatic rings. The molecule has 1 amide bonds. The maximum absolute atomic E-state index is 12.0. The third-order valence-corrected chi connectivity index (χ3v) is 2.91. The predicted molar refractivity (Wildman–Crippen MR) is 69.1 cm³/mol. The second kappa shape index (κ2) is 6.02. The van der Waals surface area contributed by atoms with Gasteiger partial charge >= 0.3 is 0 Å². The lowest BCUT2D eigenvalue weighted by atomic mass is 10.1. The van der Waals surface area contributed by atoms with Crippen LogP contribution < -0.4 is 0 Å². The van der Waals surface area contributed by atoms with Gasteiger partial charge in [0.2, 0.25) is 0 Å². The summed E-state index contributed by atoms with van der Waals surface area (Å²) < 4.78 is 0.738. The third-order valence-electron chi connectivity index (χ3n) is 2.42. The zero-order chi connectivity index (χ0) is 13.0. The van der Waals surface area contributed by atoms with Gasteiger partial charge in [0.05, 0.1) is 11.7 Å². The van der Waals surface area contributed by atoms with E-state index in [9.17, 15) is 9.90 Å². The molecule has 0 fully saturated rings. The van der Waals surface area contributed by atoms with E-state index in [4.69, 9.17) is 5.11 Å². The number of phenolic OH excluding ortho intramolecular Hbond substituents is 1. The van der Waals surface area contributed by atoms with Gasteiger partial charge in [-0.2, -0.15) is 0 Å². The number of aliphatic hydroxyl groups is 1. The zero-order valence-electron chi connectivity index (χ0n) is 9.85. The molecule has 1 unspecified atom stereocenters. The molecule has 0 aromatic heterocycles. The second-order valence-corrected chi connectivity index (χ2v) is 4.94. The highest BCUT2D eigenvalue weighted by molar-refractivity contribution is 9.10. The summed E-state index contributed by atoms with van der Waals surface area (Å²) in [6.07, 6.45) is 0.0677. The number of hydrogen-bond acceptors (Lipinski definition) is 3. The highest BCUT2D eigenvalue weighted by Crippen LogP contribution is 2.23. The van der Waals surface area contributed by atoms with Gasteiger partial charge in [-0.25, -0.2) is 0 Å². The summed E-state index contributed by atoms with van der Waals surface area (Å²) >= 11 is 3.25. The van der Waals surface area contributed by atoms with Crippen molar-refractivity contribution in [3.8, 4) is 5.75 Å². The maximum atomic E-state index is 12.0. The van der Waals surface area contributed by atoms with Crippen molar-refractivity contribution in [3.05, 3.63) is 28.2 Å². The molecular weight excluding hydrogens is 286 g/mol. The molecule has 4 nitrogen and oxygen atoms in total. The van der Waals surface area contributed by atoms with Crippen LogP contribution in [0.4, 0.5) is 0 Å². The minimum Gasteiger partial charge on any atom is -0.507 e. The van der Waals surface area contributed by atoms with E-state index in [1.165, 1.54) is 11.0 Å². The highest BCUT2D eigenvalue weighted by atomic mass is 79.9. The van der Waals surface area contributed by atoms with E-state index >= 15 is 0 Å².